The standard InChI is InChI=1S/C13H20ClN2O3PS2/c1-3-8-18-20(21,19-9-4-2)22-16-13(17)15-12-7-5-6-11(14)10-12/h5-7,10H,3-4,8-9H2,1-2H3,(H2,15,16,17). The van der Waals surface area contributed by atoms with Gasteiger partial charge in [0.2, 0.25) is 0 Å². The molecule has 124 valence electrons. The number of carbonyl (C=O) groups is 1. The Bertz CT molecular complexity index is 522. The van der Waals surface area contributed by atoms with Gasteiger partial charge in [-0.25, -0.2) is 4.79 Å². The monoisotopic (exact) mass is 382 g/mol. The van der Waals surface area contributed by atoms with Crippen LogP contribution in [-0.2, 0) is 20.9 Å². The van der Waals surface area contributed by atoms with Gasteiger partial charge in [-0.2, -0.15) is 0 Å². The molecule has 0 spiro atoms. The van der Waals surface area contributed by atoms with Crippen molar-refractivity contribution < 1.29 is 13.8 Å². The molecule has 0 saturated carbocycles. The lowest BCUT2D eigenvalue weighted by Gasteiger charge is -2.20. The number of nitrogens with one attached hydrogen (secondary N) is 2. The Kier molecular flexibility index (Phi) is 9.40. The number of hydrogen-bond donors (Lipinski definition) is 2. The van der Waals surface area contributed by atoms with E-state index in [1.165, 1.54) is 0 Å². The van der Waals surface area contributed by atoms with Crippen molar-refractivity contribution in [2.45, 2.75) is 26.7 Å². The van der Waals surface area contributed by atoms with Crippen molar-refractivity contribution >= 4 is 52.4 Å². The summed E-state index contributed by atoms with van der Waals surface area (Å²) in [4.78, 5) is 11.9. The zero-order valence-electron chi connectivity index (χ0n) is 12.5. The lowest BCUT2D eigenvalue weighted by Crippen LogP contribution is -2.23. The van der Waals surface area contributed by atoms with Gasteiger partial charge in [0.1, 0.15) is 0 Å². The molecule has 0 aromatic heterocycles. The van der Waals surface area contributed by atoms with Crippen molar-refractivity contribution in [1.29, 1.82) is 0 Å². The first-order valence-electron chi connectivity index (χ1n) is 6.89. The van der Waals surface area contributed by atoms with Crippen LogP contribution in [0.25, 0.3) is 0 Å². The predicted octanol–water partition coefficient (Wildman–Crippen LogP) is 5.19. The quantitative estimate of drug-likeness (QED) is 0.454. The van der Waals surface area contributed by atoms with Gasteiger partial charge < -0.3 is 14.4 Å². The molecule has 1 rings (SSSR count). The van der Waals surface area contributed by atoms with Gasteiger partial charge >= 0.3 is 6.03 Å². The van der Waals surface area contributed by atoms with Crippen LogP contribution in [-0.4, -0.2) is 19.2 Å². The summed E-state index contributed by atoms with van der Waals surface area (Å²) in [7, 11) is 0. The van der Waals surface area contributed by atoms with Crippen LogP contribution in [0.5, 0.6) is 0 Å². The van der Waals surface area contributed by atoms with Crippen LogP contribution in [0.1, 0.15) is 26.7 Å². The maximum atomic E-state index is 11.9. The third-order valence-electron chi connectivity index (χ3n) is 2.24. The van der Waals surface area contributed by atoms with E-state index in [4.69, 9.17) is 32.5 Å². The van der Waals surface area contributed by atoms with Crippen molar-refractivity contribution in [3.63, 3.8) is 0 Å². The second-order valence-corrected chi connectivity index (χ2v) is 10.6. The average Bonchev–Trinajstić information content (AvgIpc) is 2.49. The fourth-order valence-electron chi connectivity index (χ4n) is 1.32. The van der Waals surface area contributed by atoms with Gasteiger partial charge in [-0.1, -0.05) is 31.5 Å². The lowest BCUT2D eigenvalue weighted by molar-refractivity contribution is 0.255. The maximum absolute atomic E-state index is 11.9. The smallest absolute Gasteiger partial charge is 0.321 e. The second-order valence-electron chi connectivity index (χ2n) is 4.27. The Morgan fingerprint density at radius 2 is 1.95 bits per heavy atom. The number of carbonyl (C=O) groups excluding carboxylic acids is 1. The minimum absolute atomic E-state index is 0.401. The van der Waals surface area contributed by atoms with Gasteiger partial charge in [-0.15, -0.1) is 0 Å². The molecule has 1 aromatic carbocycles. The molecule has 0 saturated heterocycles. The maximum Gasteiger partial charge on any atom is 0.329 e. The molecule has 0 fully saturated rings. The highest BCUT2D eigenvalue weighted by Crippen LogP contribution is 2.59. The van der Waals surface area contributed by atoms with Crippen molar-refractivity contribution in [3.05, 3.63) is 29.3 Å². The van der Waals surface area contributed by atoms with Crippen LogP contribution < -0.4 is 10.0 Å². The highest BCUT2D eigenvalue weighted by atomic mass is 35.5. The number of amides is 2. The fraction of sp³-hybridized carbons (Fsp3) is 0.462. The van der Waals surface area contributed by atoms with E-state index in [9.17, 15) is 4.79 Å². The van der Waals surface area contributed by atoms with Gasteiger partial charge in [0.15, 0.2) is 0 Å². The molecule has 0 bridgehead atoms. The minimum atomic E-state index is -2.57. The van der Waals surface area contributed by atoms with Crippen molar-refractivity contribution in [1.82, 2.24) is 4.72 Å². The summed E-state index contributed by atoms with van der Waals surface area (Å²) in [5, 5.41) is 3.22. The first-order chi connectivity index (χ1) is 10.5. The predicted molar refractivity (Wildman–Crippen MR) is 98.0 cm³/mol. The minimum Gasteiger partial charge on any atom is -0.321 e. The largest absolute Gasteiger partial charge is 0.329 e. The molecule has 2 N–H and O–H groups in total. The molecule has 1 aromatic rings. The van der Waals surface area contributed by atoms with E-state index in [1.54, 1.807) is 24.3 Å². The fourth-order valence-corrected chi connectivity index (χ4v) is 4.87. The Morgan fingerprint density at radius 3 is 2.50 bits per heavy atom. The summed E-state index contributed by atoms with van der Waals surface area (Å²) in [5.74, 6) is 0. The number of halogens is 1. The first-order valence-corrected chi connectivity index (χ1v) is 11.3. The number of anilines is 1. The van der Waals surface area contributed by atoms with E-state index < -0.39 is 11.7 Å². The van der Waals surface area contributed by atoms with E-state index in [0.717, 1.165) is 24.4 Å². The molecule has 2 amide bonds. The van der Waals surface area contributed by atoms with E-state index in [0.29, 0.717) is 23.9 Å². The van der Waals surface area contributed by atoms with E-state index >= 15 is 0 Å². The summed E-state index contributed by atoms with van der Waals surface area (Å²) in [6.07, 6.45) is 1.67. The summed E-state index contributed by atoms with van der Waals surface area (Å²) >= 11 is 12.3. The summed E-state index contributed by atoms with van der Waals surface area (Å²) in [6.45, 7) is 4.99. The topological polar surface area (TPSA) is 59.6 Å². The molecule has 9 heteroatoms. The van der Waals surface area contributed by atoms with Crippen LogP contribution >= 0.6 is 28.9 Å². The molecule has 5 nitrogen and oxygen atoms in total. The van der Waals surface area contributed by atoms with Gasteiger partial charge in [-0.05, 0) is 42.8 Å². The third-order valence-corrected chi connectivity index (χ3v) is 6.85. The molecule has 0 aliphatic rings. The highest BCUT2D eigenvalue weighted by molar-refractivity contribution is 8.67. The summed E-state index contributed by atoms with van der Waals surface area (Å²) in [6, 6.07) is 6.48. The van der Waals surface area contributed by atoms with Crippen LogP contribution in [0.15, 0.2) is 24.3 Å². The number of benzene rings is 1. The van der Waals surface area contributed by atoms with E-state index in [1.807, 2.05) is 13.8 Å². The number of rotatable bonds is 9. The molecule has 0 aliphatic heterocycles. The second kappa shape index (κ2) is 10.5. The Hall–Kier alpha value is -0.300. The SMILES string of the molecule is CCCOP(=S)(OCCC)SNC(=O)Nc1cccc(Cl)c1. The molecule has 0 aliphatic carbocycles. The summed E-state index contributed by atoms with van der Waals surface area (Å²) in [5.41, 5.74) is -1.97. The molecule has 0 atom stereocenters. The van der Waals surface area contributed by atoms with Crippen molar-refractivity contribution in [2.75, 3.05) is 18.5 Å². The van der Waals surface area contributed by atoms with Crippen LogP contribution in [0.2, 0.25) is 5.02 Å². The zero-order valence-corrected chi connectivity index (χ0v) is 15.8. The number of hydrogen-bond acceptors (Lipinski definition) is 5. The van der Waals surface area contributed by atoms with Gasteiger partial charge in [0.25, 0.3) is 5.69 Å². The molecular weight excluding hydrogens is 363 g/mol. The highest BCUT2D eigenvalue weighted by Gasteiger charge is 2.21. The number of urea groups is 1. The molecular formula is C13H20ClN2O3PS2. The Labute approximate surface area is 145 Å². The Balaban J connectivity index is 2.52. The van der Waals surface area contributed by atoms with Gasteiger partial charge in [0.05, 0.1) is 13.2 Å². The molecule has 0 radical (unpaired) electrons. The Morgan fingerprint density at radius 1 is 1.32 bits per heavy atom. The van der Waals surface area contributed by atoms with Crippen LogP contribution in [0.4, 0.5) is 10.5 Å². The van der Waals surface area contributed by atoms with E-state index in [-0.39, 0.29) is 0 Å². The van der Waals surface area contributed by atoms with Crippen molar-refractivity contribution in [2.24, 2.45) is 0 Å². The van der Waals surface area contributed by atoms with Crippen LogP contribution in [0, 0.1) is 0 Å². The summed E-state index contributed by atoms with van der Waals surface area (Å²) < 4.78 is 13.8. The molecule has 0 heterocycles. The van der Waals surface area contributed by atoms with Crippen molar-refractivity contribution in [3.8, 4) is 0 Å². The van der Waals surface area contributed by atoms with E-state index in [2.05, 4.69) is 10.0 Å². The normalized spacial score (nSPS) is 11.2. The first kappa shape index (κ1) is 19.7. The van der Waals surface area contributed by atoms with Gasteiger partial charge in [-0.3, -0.25) is 4.72 Å². The lowest BCUT2D eigenvalue weighted by atomic mass is 10.3. The van der Waals surface area contributed by atoms with Gasteiger partial charge in [0, 0.05) is 22.3 Å². The van der Waals surface area contributed by atoms with Crippen LogP contribution in [0.3, 0.4) is 0 Å². The zero-order chi connectivity index (χ0) is 16.4. The molecule has 0 unspecified atom stereocenters. The molecule has 22 heavy (non-hydrogen) atoms. The third kappa shape index (κ3) is 7.81. The average molecular weight is 383 g/mol.